The minimum atomic E-state index is 0.570. The standard InChI is InChI=1S/C11H20N4/c1-9(2)15(3)7-6-14-11-8-10(12)4-5-13-11/h4-5,8-9H,6-7H2,1-3H3,(H3,12,13,14). The fourth-order valence-corrected chi connectivity index (χ4v) is 1.16. The number of hydrogen-bond acceptors (Lipinski definition) is 4. The highest BCUT2D eigenvalue weighted by molar-refractivity contribution is 5.48. The zero-order valence-corrected chi connectivity index (χ0v) is 9.70. The summed E-state index contributed by atoms with van der Waals surface area (Å²) in [4.78, 5) is 6.45. The van der Waals surface area contributed by atoms with E-state index in [-0.39, 0.29) is 0 Å². The molecule has 4 heteroatoms. The third-order valence-electron chi connectivity index (χ3n) is 2.44. The van der Waals surface area contributed by atoms with E-state index in [1.807, 2.05) is 6.07 Å². The van der Waals surface area contributed by atoms with Crippen molar-refractivity contribution >= 4 is 11.5 Å². The number of nitrogens with two attached hydrogens (primary N) is 1. The molecule has 1 aromatic heterocycles. The highest BCUT2D eigenvalue weighted by Gasteiger charge is 2.02. The number of nitrogens with zero attached hydrogens (tertiary/aromatic N) is 2. The molecule has 84 valence electrons. The van der Waals surface area contributed by atoms with Gasteiger partial charge in [0.1, 0.15) is 5.82 Å². The Balaban J connectivity index is 2.32. The third kappa shape index (κ3) is 4.16. The van der Waals surface area contributed by atoms with Crippen molar-refractivity contribution in [2.75, 3.05) is 31.2 Å². The summed E-state index contributed by atoms with van der Waals surface area (Å²) in [5.41, 5.74) is 6.39. The molecule has 1 heterocycles. The van der Waals surface area contributed by atoms with E-state index in [9.17, 15) is 0 Å². The number of rotatable bonds is 5. The lowest BCUT2D eigenvalue weighted by Crippen LogP contribution is -2.31. The van der Waals surface area contributed by atoms with Crippen LogP contribution in [-0.4, -0.2) is 36.1 Å². The van der Waals surface area contributed by atoms with Gasteiger partial charge in [0.05, 0.1) is 0 Å². The maximum Gasteiger partial charge on any atom is 0.127 e. The molecule has 0 aliphatic heterocycles. The maximum atomic E-state index is 5.65. The number of pyridine rings is 1. The molecule has 0 saturated carbocycles. The highest BCUT2D eigenvalue weighted by Crippen LogP contribution is 2.07. The van der Waals surface area contributed by atoms with Crippen molar-refractivity contribution < 1.29 is 0 Å². The van der Waals surface area contributed by atoms with Crippen LogP contribution in [0.3, 0.4) is 0 Å². The molecule has 0 radical (unpaired) electrons. The van der Waals surface area contributed by atoms with Crippen molar-refractivity contribution in [1.82, 2.24) is 9.88 Å². The van der Waals surface area contributed by atoms with Crippen LogP contribution in [0, 0.1) is 0 Å². The molecule has 0 aliphatic rings. The molecule has 0 unspecified atom stereocenters. The van der Waals surface area contributed by atoms with Gasteiger partial charge in [-0.2, -0.15) is 0 Å². The molecule has 15 heavy (non-hydrogen) atoms. The predicted octanol–water partition coefficient (Wildman–Crippen LogP) is 1.42. The summed E-state index contributed by atoms with van der Waals surface area (Å²) in [5.74, 6) is 0.840. The fraction of sp³-hybridized carbons (Fsp3) is 0.545. The summed E-state index contributed by atoms with van der Waals surface area (Å²) in [5, 5.41) is 3.24. The predicted molar refractivity (Wildman–Crippen MR) is 64.9 cm³/mol. The van der Waals surface area contributed by atoms with Crippen LogP contribution in [0.25, 0.3) is 0 Å². The number of likely N-dealkylation sites (N-methyl/N-ethyl adjacent to an activating group) is 1. The van der Waals surface area contributed by atoms with Gasteiger partial charge >= 0.3 is 0 Å². The van der Waals surface area contributed by atoms with Crippen molar-refractivity contribution in [2.45, 2.75) is 19.9 Å². The average Bonchev–Trinajstić information content (AvgIpc) is 2.17. The Morgan fingerprint density at radius 3 is 2.87 bits per heavy atom. The fourth-order valence-electron chi connectivity index (χ4n) is 1.16. The molecule has 0 fully saturated rings. The molecule has 0 spiro atoms. The van der Waals surface area contributed by atoms with Crippen molar-refractivity contribution in [3.63, 3.8) is 0 Å². The van der Waals surface area contributed by atoms with Crippen LogP contribution in [-0.2, 0) is 0 Å². The first-order valence-electron chi connectivity index (χ1n) is 5.25. The summed E-state index contributed by atoms with van der Waals surface area (Å²) >= 11 is 0. The molecule has 0 bridgehead atoms. The molecule has 0 atom stereocenters. The van der Waals surface area contributed by atoms with Crippen LogP contribution in [0.4, 0.5) is 11.5 Å². The zero-order chi connectivity index (χ0) is 11.3. The average molecular weight is 208 g/mol. The minimum Gasteiger partial charge on any atom is -0.399 e. The Bertz CT molecular complexity index is 298. The first kappa shape index (κ1) is 11.8. The highest BCUT2D eigenvalue weighted by atomic mass is 15.1. The van der Waals surface area contributed by atoms with E-state index in [1.165, 1.54) is 0 Å². The molecule has 0 aromatic carbocycles. The van der Waals surface area contributed by atoms with Gasteiger partial charge in [0.2, 0.25) is 0 Å². The van der Waals surface area contributed by atoms with Crippen LogP contribution >= 0.6 is 0 Å². The summed E-state index contributed by atoms with van der Waals surface area (Å²) in [6, 6.07) is 4.20. The van der Waals surface area contributed by atoms with Crippen LogP contribution < -0.4 is 11.1 Å². The van der Waals surface area contributed by atoms with Crippen LogP contribution in [0.5, 0.6) is 0 Å². The minimum absolute atomic E-state index is 0.570. The molecular weight excluding hydrogens is 188 g/mol. The van der Waals surface area contributed by atoms with Crippen molar-refractivity contribution in [2.24, 2.45) is 0 Å². The van der Waals surface area contributed by atoms with E-state index in [4.69, 9.17) is 5.73 Å². The summed E-state index contributed by atoms with van der Waals surface area (Å²) in [6.45, 7) is 6.23. The smallest absolute Gasteiger partial charge is 0.127 e. The summed E-state index contributed by atoms with van der Waals surface area (Å²) < 4.78 is 0. The van der Waals surface area contributed by atoms with Gasteiger partial charge < -0.3 is 16.0 Å². The van der Waals surface area contributed by atoms with Gasteiger partial charge in [-0.05, 0) is 27.0 Å². The first-order valence-corrected chi connectivity index (χ1v) is 5.25. The Morgan fingerprint density at radius 1 is 1.53 bits per heavy atom. The summed E-state index contributed by atoms with van der Waals surface area (Å²) in [7, 11) is 2.11. The van der Waals surface area contributed by atoms with E-state index >= 15 is 0 Å². The van der Waals surface area contributed by atoms with E-state index < -0.39 is 0 Å². The number of aromatic nitrogens is 1. The number of hydrogen-bond donors (Lipinski definition) is 2. The van der Waals surface area contributed by atoms with Gasteiger partial charge in [0, 0.05) is 37.1 Å². The van der Waals surface area contributed by atoms with Crippen molar-refractivity contribution in [3.8, 4) is 0 Å². The van der Waals surface area contributed by atoms with Crippen molar-refractivity contribution in [1.29, 1.82) is 0 Å². The zero-order valence-electron chi connectivity index (χ0n) is 9.70. The van der Waals surface area contributed by atoms with Gasteiger partial charge in [-0.3, -0.25) is 0 Å². The normalized spacial score (nSPS) is 11.0. The van der Waals surface area contributed by atoms with Crippen LogP contribution in [0.15, 0.2) is 18.3 Å². The Kier molecular flexibility index (Phi) is 4.37. The maximum absolute atomic E-state index is 5.65. The van der Waals surface area contributed by atoms with Gasteiger partial charge in [0.15, 0.2) is 0 Å². The molecule has 3 N–H and O–H groups in total. The van der Waals surface area contributed by atoms with Gasteiger partial charge in [0.25, 0.3) is 0 Å². The molecular formula is C11H20N4. The van der Waals surface area contributed by atoms with Gasteiger partial charge in [-0.25, -0.2) is 4.98 Å². The lowest BCUT2D eigenvalue weighted by atomic mass is 10.3. The quantitative estimate of drug-likeness (QED) is 0.768. The molecule has 1 rings (SSSR count). The molecule has 0 aliphatic carbocycles. The van der Waals surface area contributed by atoms with E-state index in [2.05, 4.69) is 36.1 Å². The molecule has 0 saturated heterocycles. The second-order valence-electron chi connectivity index (χ2n) is 3.98. The first-order chi connectivity index (χ1) is 7.09. The Labute approximate surface area is 91.5 Å². The summed E-state index contributed by atoms with van der Waals surface area (Å²) in [6.07, 6.45) is 1.71. The lowest BCUT2D eigenvalue weighted by Gasteiger charge is -2.21. The Hall–Kier alpha value is -1.29. The second kappa shape index (κ2) is 5.56. The molecule has 4 nitrogen and oxygen atoms in total. The molecule has 0 amide bonds. The number of nitrogen functional groups attached to an aromatic ring is 1. The lowest BCUT2D eigenvalue weighted by molar-refractivity contribution is 0.284. The van der Waals surface area contributed by atoms with E-state index in [0.717, 1.165) is 24.6 Å². The number of anilines is 2. The topological polar surface area (TPSA) is 54.2 Å². The third-order valence-corrected chi connectivity index (χ3v) is 2.44. The van der Waals surface area contributed by atoms with Crippen molar-refractivity contribution in [3.05, 3.63) is 18.3 Å². The largest absolute Gasteiger partial charge is 0.399 e. The second-order valence-corrected chi connectivity index (χ2v) is 3.98. The van der Waals surface area contributed by atoms with Gasteiger partial charge in [-0.15, -0.1) is 0 Å². The van der Waals surface area contributed by atoms with Crippen LogP contribution in [0.2, 0.25) is 0 Å². The number of nitrogens with one attached hydrogen (secondary N) is 1. The Morgan fingerprint density at radius 2 is 2.27 bits per heavy atom. The monoisotopic (exact) mass is 208 g/mol. The van der Waals surface area contributed by atoms with E-state index in [0.29, 0.717) is 6.04 Å². The molecule has 1 aromatic rings. The van der Waals surface area contributed by atoms with Gasteiger partial charge in [-0.1, -0.05) is 0 Å². The SMILES string of the molecule is CC(C)N(C)CCNc1cc(N)ccn1. The van der Waals surface area contributed by atoms with E-state index in [1.54, 1.807) is 12.3 Å². The van der Waals surface area contributed by atoms with Crippen LogP contribution in [0.1, 0.15) is 13.8 Å².